The summed E-state index contributed by atoms with van der Waals surface area (Å²) in [5.74, 6) is 0.705. The quantitative estimate of drug-likeness (QED) is 0.446. The molecule has 1 amide bonds. The number of benzene rings is 1. The van der Waals surface area contributed by atoms with Gasteiger partial charge in [0.2, 0.25) is 5.82 Å². The number of nitrogens with zero attached hydrogens (tertiary/aromatic N) is 5. The molecule has 0 fully saturated rings. The van der Waals surface area contributed by atoms with Crippen molar-refractivity contribution in [1.29, 1.82) is 0 Å². The molecule has 3 heterocycles. The van der Waals surface area contributed by atoms with Gasteiger partial charge < -0.3 is 10.4 Å². The summed E-state index contributed by atoms with van der Waals surface area (Å²) < 4.78 is 0. The van der Waals surface area contributed by atoms with Crippen molar-refractivity contribution in [3.05, 3.63) is 54.5 Å². The Morgan fingerprint density at radius 3 is 2.60 bits per heavy atom. The maximum absolute atomic E-state index is 11.4. The molecule has 0 saturated carbocycles. The number of aromatic amines is 1. The molecule has 0 bridgehead atoms. The van der Waals surface area contributed by atoms with Gasteiger partial charge in [0.15, 0.2) is 0 Å². The predicted octanol–water partition coefficient (Wildman–Crippen LogP) is 3.83. The van der Waals surface area contributed by atoms with E-state index in [1.54, 1.807) is 12.4 Å². The van der Waals surface area contributed by atoms with Crippen LogP contribution < -0.4 is 5.32 Å². The van der Waals surface area contributed by atoms with Gasteiger partial charge in [0.05, 0.1) is 17.3 Å². The maximum Gasteiger partial charge on any atom is 0.405 e. The van der Waals surface area contributed by atoms with E-state index < -0.39 is 12.1 Å². The van der Waals surface area contributed by atoms with Crippen LogP contribution in [0.5, 0.6) is 0 Å². The number of rotatable bonds is 6. The third kappa shape index (κ3) is 4.09. The van der Waals surface area contributed by atoms with Crippen LogP contribution in [0.1, 0.15) is 32.0 Å². The fraction of sp³-hybridized carbons (Fsp3) is 0.238. The lowest BCUT2D eigenvalue weighted by Crippen LogP contribution is -2.28. The first-order valence-corrected chi connectivity index (χ1v) is 9.59. The second-order valence-electron chi connectivity index (χ2n) is 7.43. The van der Waals surface area contributed by atoms with E-state index in [1.807, 2.05) is 50.2 Å². The van der Waals surface area contributed by atoms with Gasteiger partial charge in [0.25, 0.3) is 0 Å². The highest BCUT2D eigenvalue weighted by Gasteiger charge is 2.21. The third-order valence-electron chi connectivity index (χ3n) is 4.79. The molecule has 30 heavy (non-hydrogen) atoms. The Kier molecular flexibility index (Phi) is 5.34. The summed E-state index contributed by atoms with van der Waals surface area (Å²) in [4.78, 5) is 20.2. The van der Waals surface area contributed by atoms with Crippen LogP contribution in [0, 0.1) is 5.92 Å². The molecule has 3 N–H and O–H groups in total. The van der Waals surface area contributed by atoms with E-state index in [4.69, 9.17) is 4.98 Å². The monoisotopic (exact) mass is 403 g/mol. The second kappa shape index (κ2) is 8.24. The number of carbonyl (C=O) groups is 1. The number of tetrazole rings is 1. The van der Waals surface area contributed by atoms with Crippen LogP contribution in [0.2, 0.25) is 0 Å². The Labute approximate surface area is 172 Å². The van der Waals surface area contributed by atoms with E-state index in [0.29, 0.717) is 17.9 Å². The number of H-pyrrole nitrogens is 1. The summed E-state index contributed by atoms with van der Waals surface area (Å²) in [6.45, 7) is 4.08. The Morgan fingerprint density at radius 2 is 1.93 bits per heavy atom. The predicted molar refractivity (Wildman–Crippen MR) is 112 cm³/mol. The number of hydrogen-bond donors (Lipinski definition) is 3. The van der Waals surface area contributed by atoms with Crippen LogP contribution in [0.25, 0.3) is 33.4 Å². The van der Waals surface area contributed by atoms with Crippen molar-refractivity contribution in [1.82, 2.24) is 35.9 Å². The topological polar surface area (TPSA) is 130 Å². The third-order valence-corrected chi connectivity index (χ3v) is 4.79. The molecule has 1 unspecified atom stereocenters. The molecular formula is C21H21N7O2. The van der Waals surface area contributed by atoms with E-state index in [9.17, 15) is 9.90 Å². The van der Waals surface area contributed by atoms with Gasteiger partial charge in [-0.2, -0.15) is 5.21 Å². The minimum Gasteiger partial charge on any atom is -0.465 e. The molecule has 9 nitrogen and oxygen atoms in total. The number of pyridine rings is 2. The van der Waals surface area contributed by atoms with Crippen molar-refractivity contribution in [2.45, 2.75) is 26.3 Å². The summed E-state index contributed by atoms with van der Waals surface area (Å²) in [7, 11) is 0. The standard InChI is InChI=1S/C21H21N7O2/c1-12(2)9-18(24-21(29)30)19-11-16(20-25-27-28-26-20)15-10-14(3-4-17(15)23-19)13-5-7-22-8-6-13/h3-8,10-12,18,24H,9H2,1-2H3,(H,29,30)(H,25,26,27,28). The maximum atomic E-state index is 11.4. The molecule has 0 aliphatic heterocycles. The summed E-state index contributed by atoms with van der Waals surface area (Å²) in [5.41, 5.74) is 4.12. The number of carboxylic acid groups (broad SMARTS) is 1. The number of hydrogen-bond acceptors (Lipinski definition) is 6. The molecule has 152 valence electrons. The van der Waals surface area contributed by atoms with Gasteiger partial charge in [-0.1, -0.05) is 19.9 Å². The van der Waals surface area contributed by atoms with Crippen molar-refractivity contribution in [3.8, 4) is 22.5 Å². The molecule has 3 aromatic heterocycles. The van der Waals surface area contributed by atoms with Crippen LogP contribution in [-0.4, -0.2) is 41.8 Å². The number of fused-ring (bicyclic) bond motifs is 1. The lowest BCUT2D eigenvalue weighted by Gasteiger charge is -2.20. The van der Waals surface area contributed by atoms with E-state index in [0.717, 1.165) is 27.6 Å². The average molecular weight is 403 g/mol. The molecule has 4 rings (SSSR count). The highest BCUT2D eigenvalue weighted by Crippen LogP contribution is 2.32. The zero-order chi connectivity index (χ0) is 21.1. The molecule has 0 spiro atoms. The van der Waals surface area contributed by atoms with Crippen LogP contribution in [0.4, 0.5) is 4.79 Å². The van der Waals surface area contributed by atoms with Gasteiger partial charge in [-0.3, -0.25) is 9.97 Å². The Morgan fingerprint density at radius 1 is 1.13 bits per heavy atom. The van der Waals surface area contributed by atoms with E-state index in [2.05, 4.69) is 30.9 Å². The first-order valence-electron chi connectivity index (χ1n) is 9.59. The van der Waals surface area contributed by atoms with E-state index >= 15 is 0 Å². The molecular weight excluding hydrogens is 382 g/mol. The van der Waals surface area contributed by atoms with Crippen LogP contribution in [0.3, 0.4) is 0 Å². The second-order valence-corrected chi connectivity index (χ2v) is 7.43. The van der Waals surface area contributed by atoms with E-state index in [1.165, 1.54) is 0 Å². The first-order chi connectivity index (χ1) is 14.5. The van der Waals surface area contributed by atoms with Crippen LogP contribution >= 0.6 is 0 Å². The Balaban J connectivity index is 1.89. The summed E-state index contributed by atoms with van der Waals surface area (Å²) in [6, 6.07) is 11.2. The molecule has 0 aliphatic carbocycles. The molecule has 1 atom stereocenters. The average Bonchev–Trinajstić information content (AvgIpc) is 3.27. The zero-order valence-electron chi connectivity index (χ0n) is 16.6. The summed E-state index contributed by atoms with van der Waals surface area (Å²) >= 11 is 0. The molecule has 0 radical (unpaired) electrons. The lowest BCUT2D eigenvalue weighted by molar-refractivity contribution is 0.187. The Bertz CT molecular complexity index is 1160. The van der Waals surface area contributed by atoms with Gasteiger partial charge in [-0.25, -0.2) is 4.79 Å². The largest absolute Gasteiger partial charge is 0.465 e. The van der Waals surface area contributed by atoms with Gasteiger partial charge in [0, 0.05) is 23.3 Å². The summed E-state index contributed by atoms with van der Waals surface area (Å²) in [6.07, 6.45) is 3.02. The fourth-order valence-corrected chi connectivity index (χ4v) is 3.48. The van der Waals surface area contributed by atoms with Gasteiger partial charge in [-0.05, 0) is 59.0 Å². The van der Waals surface area contributed by atoms with Crippen molar-refractivity contribution >= 4 is 17.0 Å². The number of amides is 1. The lowest BCUT2D eigenvalue weighted by atomic mass is 9.96. The number of nitrogens with one attached hydrogen (secondary N) is 2. The van der Waals surface area contributed by atoms with Crippen molar-refractivity contribution < 1.29 is 9.90 Å². The van der Waals surface area contributed by atoms with Crippen molar-refractivity contribution in [2.24, 2.45) is 5.92 Å². The van der Waals surface area contributed by atoms with Gasteiger partial charge in [-0.15, -0.1) is 10.2 Å². The minimum absolute atomic E-state index is 0.280. The van der Waals surface area contributed by atoms with Crippen molar-refractivity contribution in [2.75, 3.05) is 0 Å². The zero-order valence-corrected chi connectivity index (χ0v) is 16.6. The van der Waals surface area contributed by atoms with Crippen LogP contribution in [-0.2, 0) is 0 Å². The molecule has 1 aromatic carbocycles. The fourth-order valence-electron chi connectivity index (χ4n) is 3.48. The highest BCUT2D eigenvalue weighted by atomic mass is 16.4. The smallest absolute Gasteiger partial charge is 0.405 e. The molecule has 9 heteroatoms. The number of aromatic nitrogens is 6. The van der Waals surface area contributed by atoms with E-state index in [-0.39, 0.29) is 5.92 Å². The normalized spacial score (nSPS) is 12.2. The van der Waals surface area contributed by atoms with Gasteiger partial charge in [0.1, 0.15) is 0 Å². The summed E-state index contributed by atoms with van der Waals surface area (Å²) in [5, 5.41) is 27.2. The molecule has 4 aromatic rings. The minimum atomic E-state index is -1.09. The highest BCUT2D eigenvalue weighted by molar-refractivity contribution is 5.95. The SMILES string of the molecule is CC(C)CC(NC(=O)O)c1cc(-c2nn[nH]n2)c2cc(-c3ccncc3)ccc2n1. The molecule has 0 aliphatic rings. The van der Waals surface area contributed by atoms with Crippen LogP contribution in [0.15, 0.2) is 48.8 Å². The van der Waals surface area contributed by atoms with Gasteiger partial charge >= 0.3 is 6.09 Å². The van der Waals surface area contributed by atoms with Crippen molar-refractivity contribution in [3.63, 3.8) is 0 Å². The Hall–Kier alpha value is -3.88. The molecule has 0 saturated heterocycles. The first kappa shape index (κ1) is 19.4.